The van der Waals surface area contributed by atoms with Gasteiger partial charge in [0.2, 0.25) is 5.78 Å². The van der Waals surface area contributed by atoms with E-state index in [1.807, 2.05) is 19.1 Å². The molecule has 0 aliphatic rings. The summed E-state index contributed by atoms with van der Waals surface area (Å²) in [5.41, 5.74) is 2.80. The first-order chi connectivity index (χ1) is 15.7. The topological polar surface area (TPSA) is 103 Å². The van der Waals surface area contributed by atoms with Crippen LogP contribution in [0.1, 0.15) is 32.0 Å². The Morgan fingerprint density at radius 1 is 0.939 bits per heavy atom. The van der Waals surface area contributed by atoms with Crippen molar-refractivity contribution in [1.29, 1.82) is 0 Å². The molecular formula is C25H21NO6S. The minimum absolute atomic E-state index is 0.0101. The molecule has 3 aromatic carbocycles. The van der Waals surface area contributed by atoms with E-state index in [2.05, 4.69) is 4.72 Å². The second-order valence-electron chi connectivity index (χ2n) is 7.60. The second kappa shape index (κ2) is 8.91. The third-order valence-corrected chi connectivity index (χ3v) is 6.40. The molecule has 1 aromatic heterocycles. The summed E-state index contributed by atoms with van der Waals surface area (Å²) in [5.74, 6) is -1.24. The first-order valence-electron chi connectivity index (χ1n) is 10.1. The summed E-state index contributed by atoms with van der Waals surface area (Å²) in [7, 11) is -3.93. The van der Waals surface area contributed by atoms with Gasteiger partial charge < -0.3 is 9.15 Å². The van der Waals surface area contributed by atoms with Crippen LogP contribution in [0.25, 0.3) is 11.0 Å². The monoisotopic (exact) mass is 463 g/mol. The fraction of sp³-hybridized carbons (Fsp3) is 0.120. The van der Waals surface area contributed by atoms with Gasteiger partial charge in [0.05, 0.1) is 16.1 Å². The van der Waals surface area contributed by atoms with Crippen LogP contribution < -0.4 is 4.72 Å². The zero-order valence-corrected chi connectivity index (χ0v) is 18.8. The van der Waals surface area contributed by atoms with Crippen molar-refractivity contribution in [3.8, 4) is 0 Å². The lowest BCUT2D eigenvalue weighted by Gasteiger charge is -2.12. The first-order valence-corrected chi connectivity index (χ1v) is 11.6. The molecule has 0 fully saturated rings. The number of aryl methyl sites for hydroxylation is 2. The fourth-order valence-corrected chi connectivity index (χ4v) is 4.50. The fourth-order valence-electron chi connectivity index (χ4n) is 3.33. The average Bonchev–Trinajstić information content (AvgIpc) is 3.24. The number of ketones is 1. The van der Waals surface area contributed by atoms with Crippen LogP contribution in [-0.2, 0) is 14.8 Å². The molecule has 8 heteroatoms. The number of hydrogen-bond acceptors (Lipinski definition) is 6. The van der Waals surface area contributed by atoms with Crippen molar-refractivity contribution in [3.05, 3.63) is 95.2 Å². The van der Waals surface area contributed by atoms with Crippen molar-refractivity contribution in [1.82, 2.24) is 0 Å². The Morgan fingerprint density at radius 2 is 1.73 bits per heavy atom. The molecule has 1 N–H and O–H groups in total. The molecule has 7 nitrogen and oxygen atoms in total. The summed E-state index contributed by atoms with van der Waals surface area (Å²) in [6, 6.07) is 19.5. The van der Waals surface area contributed by atoms with Crippen molar-refractivity contribution in [2.24, 2.45) is 0 Å². The maximum atomic E-state index is 12.8. The zero-order valence-electron chi connectivity index (χ0n) is 18.0. The highest BCUT2D eigenvalue weighted by Crippen LogP contribution is 2.22. The van der Waals surface area contributed by atoms with Gasteiger partial charge in [0.15, 0.2) is 12.4 Å². The lowest BCUT2D eigenvalue weighted by Crippen LogP contribution is -2.16. The van der Waals surface area contributed by atoms with Crippen molar-refractivity contribution < 1.29 is 27.2 Å². The molecule has 33 heavy (non-hydrogen) atoms. The van der Waals surface area contributed by atoms with E-state index in [9.17, 15) is 18.0 Å². The van der Waals surface area contributed by atoms with Gasteiger partial charge in [-0.3, -0.25) is 9.52 Å². The molecular weight excluding hydrogens is 442 g/mol. The number of Topliss-reactive ketones (excluding diaryl/α,β-unsaturated/α-hetero) is 1. The highest BCUT2D eigenvalue weighted by molar-refractivity contribution is 7.92. The van der Waals surface area contributed by atoms with Gasteiger partial charge in [0.1, 0.15) is 5.58 Å². The first kappa shape index (κ1) is 22.3. The minimum Gasteiger partial charge on any atom is -0.454 e. The quantitative estimate of drug-likeness (QED) is 0.309. The number of sulfonamides is 1. The van der Waals surface area contributed by atoms with Crippen LogP contribution in [0.2, 0.25) is 0 Å². The van der Waals surface area contributed by atoms with Gasteiger partial charge in [0.25, 0.3) is 10.0 Å². The summed E-state index contributed by atoms with van der Waals surface area (Å²) in [6.07, 6.45) is 0. The van der Waals surface area contributed by atoms with E-state index in [0.717, 1.165) is 16.5 Å². The molecule has 0 spiro atoms. The van der Waals surface area contributed by atoms with Gasteiger partial charge in [-0.2, -0.15) is 0 Å². The van der Waals surface area contributed by atoms with E-state index in [-0.39, 0.29) is 16.2 Å². The third kappa shape index (κ3) is 4.96. The number of rotatable bonds is 7. The zero-order chi connectivity index (χ0) is 23.6. The normalized spacial score (nSPS) is 11.3. The molecule has 1 heterocycles. The highest BCUT2D eigenvalue weighted by atomic mass is 32.2. The Hall–Kier alpha value is -3.91. The Kier molecular flexibility index (Phi) is 6.02. The Labute approximate surface area is 191 Å². The van der Waals surface area contributed by atoms with Gasteiger partial charge >= 0.3 is 5.97 Å². The molecule has 0 unspecified atom stereocenters. The number of anilines is 1. The molecule has 0 aliphatic carbocycles. The predicted octanol–water partition coefficient (Wildman–Crippen LogP) is 4.89. The van der Waals surface area contributed by atoms with E-state index in [1.54, 1.807) is 43.3 Å². The SMILES string of the molecule is Cc1ccc(NS(=O)(=O)c2cccc(C(=O)OCC(=O)c3cc4ccccc4o3)c2)c(C)c1. The Morgan fingerprint density at radius 3 is 2.48 bits per heavy atom. The minimum atomic E-state index is -3.93. The van der Waals surface area contributed by atoms with E-state index < -0.39 is 28.4 Å². The summed E-state index contributed by atoms with van der Waals surface area (Å²) in [5, 5.41) is 0.765. The summed E-state index contributed by atoms with van der Waals surface area (Å²) < 4.78 is 38.7. The number of para-hydroxylation sites is 1. The maximum Gasteiger partial charge on any atom is 0.338 e. The van der Waals surface area contributed by atoms with E-state index in [0.29, 0.717) is 11.3 Å². The van der Waals surface area contributed by atoms with Crippen molar-refractivity contribution in [3.63, 3.8) is 0 Å². The number of hydrogen-bond donors (Lipinski definition) is 1. The van der Waals surface area contributed by atoms with Crippen LogP contribution in [0.3, 0.4) is 0 Å². The number of benzene rings is 3. The Balaban J connectivity index is 1.46. The molecule has 0 saturated heterocycles. The number of carbonyl (C=O) groups is 2. The molecule has 0 aliphatic heterocycles. The summed E-state index contributed by atoms with van der Waals surface area (Å²) >= 11 is 0. The lowest BCUT2D eigenvalue weighted by molar-refractivity contribution is 0.0468. The number of fused-ring (bicyclic) bond motifs is 1. The summed E-state index contributed by atoms with van der Waals surface area (Å²) in [6.45, 7) is 3.19. The van der Waals surface area contributed by atoms with Crippen LogP contribution in [0.15, 0.2) is 82.1 Å². The molecule has 168 valence electrons. The van der Waals surface area contributed by atoms with Gasteiger partial charge in [-0.05, 0) is 55.8 Å². The molecule has 0 amide bonds. The molecule has 4 rings (SSSR count). The number of nitrogens with one attached hydrogen (secondary N) is 1. The Bertz CT molecular complexity index is 1440. The number of ether oxygens (including phenoxy) is 1. The van der Waals surface area contributed by atoms with Gasteiger partial charge in [-0.1, -0.05) is 42.0 Å². The average molecular weight is 464 g/mol. The molecule has 0 atom stereocenters. The van der Waals surface area contributed by atoms with Crippen LogP contribution in [0.5, 0.6) is 0 Å². The van der Waals surface area contributed by atoms with Crippen LogP contribution in [-0.4, -0.2) is 26.8 Å². The maximum absolute atomic E-state index is 12.8. The third-order valence-electron chi connectivity index (χ3n) is 5.04. The number of esters is 1. The second-order valence-corrected chi connectivity index (χ2v) is 9.28. The number of carbonyl (C=O) groups excluding carboxylic acids is 2. The van der Waals surface area contributed by atoms with E-state index >= 15 is 0 Å². The van der Waals surface area contributed by atoms with Gasteiger partial charge in [-0.25, -0.2) is 13.2 Å². The van der Waals surface area contributed by atoms with Crippen molar-refractivity contribution >= 4 is 38.4 Å². The highest BCUT2D eigenvalue weighted by Gasteiger charge is 2.20. The van der Waals surface area contributed by atoms with Crippen molar-refractivity contribution in [2.45, 2.75) is 18.7 Å². The van der Waals surface area contributed by atoms with E-state index in [4.69, 9.17) is 9.15 Å². The van der Waals surface area contributed by atoms with Crippen LogP contribution >= 0.6 is 0 Å². The summed E-state index contributed by atoms with van der Waals surface area (Å²) in [4.78, 5) is 24.7. The largest absolute Gasteiger partial charge is 0.454 e. The number of furan rings is 1. The molecule has 0 radical (unpaired) electrons. The van der Waals surface area contributed by atoms with Crippen LogP contribution in [0.4, 0.5) is 5.69 Å². The van der Waals surface area contributed by atoms with Crippen molar-refractivity contribution in [2.75, 3.05) is 11.3 Å². The van der Waals surface area contributed by atoms with Gasteiger partial charge in [-0.15, -0.1) is 0 Å². The van der Waals surface area contributed by atoms with Crippen LogP contribution in [0, 0.1) is 13.8 Å². The molecule has 4 aromatic rings. The van der Waals surface area contributed by atoms with Gasteiger partial charge in [0, 0.05) is 5.39 Å². The molecule has 0 bridgehead atoms. The predicted molar refractivity (Wildman–Crippen MR) is 124 cm³/mol. The standard InChI is InChI=1S/C25H21NO6S/c1-16-10-11-21(17(2)12-16)26-33(29,30)20-8-5-7-19(13-20)25(28)31-15-22(27)24-14-18-6-3-4-9-23(18)32-24/h3-14,26H,15H2,1-2H3. The smallest absolute Gasteiger partial charge is 0.338 e. The lowest BCUT2D eigenvalue weighted by atomic mass is 10.1. The molecule has 0 saturated carbocycles. The van der Waals surface area contributed by atoms with E-state index in [1.165, 1.54) is 24.3 Å².